The van der Waals surface area contributed by atoms with E-state index in [-0.39, 0.29) is 6.54 Å². The summed E-state index contributed by atoms with van der Waals surface area (Å²) in [5, 5.41) is -0.458. The lowest BCUT2D eigenvalue weighted by Crippen LogP contribution is -1.97. The quantitative estimate of drug-likeness (QED) is 0.764. The van der Waals surface area contributed by atoms with Gasteiger partial charge in [-0.05, 0) is 6.07 Å². The van der Waals surface area contributed by atoms with E-state index in [1.54, 1.807) is 0 Å². The zero-order valence-corrected chi connectivity index (χ0v) is 7.78. The highest BCUT2D eigenvalue weighted by Crippen LogP contribution is 2.24. The van der Waals surface area contributed by atoms with Gasteiger partial charge in [-0.1, -0.05) is 23.8 Å². The van der Waals surface area contributed by atoms with Gasteiger partial charge in [-0.2, -0.15) is 0 Å². The molecular weight excluding hydrogens is 215 g/mol. The summed E-state index contributed by atoms with van der Waals surface area (Å²) < 4.78 is 38.9. The predicted octanol–water partition coefficient (Wildman–Crippen LogP) is 2.73. The molecule has 1 nitrogen and oxygen atoms in total. The van der Waals surface area contributed by atoms with E-state index >= 15 is 0 Å². The van der Waals surface area contributed by atoms with Crippen molar-refractivity contribution in [1.29, 1.82) is 0 Å². The van der Waals surface area contributed by atoms with Crippen LogP contribution in [0.2, 0.25) is 5.02 Å². The fourth-order valence-electron chi connectivity index (χ4n) is 0.924. The van der Waals surface area contributed by atoms with Gasteiger partial charge in [0.2, 0.25) is 0 Å². The minimum absolute atomic E-state index is 0.104. The van der Waals surface area contributed by atoms with E-state index in [1.807, 2.05) is 0 Å². The predicted molar refractivity (Wildman–Crippen MR) is 49.4 cm³/mol. The molecule has 14 heavy (non-hydrogen) atoms. The van der Waals surface area contributed by atoms with Crippen LogP contribution >= 0.6 is 11.6 Å². The molecule has 0 saturated carbocycles. The van der Waals surface area contributed by atoms with Gasteiger partial charge in [0.15, 0.2) is 17.5 Å². The second-order valence-corrected chi connectivity index (χ2v) is 2.93. The highest BCUT2D eigenvalue weighted by atomic mass is 35.5. The standard InChI is InChI=1S/C9H7ClF3N/c10-6-4-7(11)9(13)5(8(6)12)2-1-3-14/h1-2,4H,3,14H2/b2-1+. The SMILES string of the molecule is NC/C=C/c1c(F)c(F)cc(Cl)c1F. The van der Waals surface area contributed by atoms with Crippen LogP contribution in [0.1, 0.15) is 5.56 Å². The van der Waals surface area contributed by atoms with Gasteiger partial charge in [0, 0.05) is 6.54 Å². The smallest absolute Gasteiger partial charge is 0.169 e. The Kier molecular flexibility index (Phi) is 3.55. The first-order chi connectivity index (χ1) is 6.57. The Morgan fingerprint density at radius 2 is 1.93 bits per heavy atom. The number of hydrogen-bond donors (Lipinski definition) is 1. The molecule has 0 heterocycles. The van der Waals surface area contributed by atoms with Crippen LogP contribution < -0.4 is 5.73 Å². The summed E-state index contributed by atoms with van der Waals surface area (Å²) in [5.41, 5.74) is 4.58. The molecule has 0 fully saturated rings. The van der Waals surface area contributed by atoms with Crippen LogP contribution in [0.15, 0.2) is 12.1 Å². The third-order valence-electron chi connectivity index (χ3n) is 1.57. The minimum atomic E-state index is -1.27. The molecule has 1 rings (SSSR count). The van der Waals surface area contributed by atoms with Crippen molar-refractivity contribution < 1.29 is 13.2 Å². The molecule has 0 aromatic heterocycles. The Hall–Kier alpha value is -1.00. The van der Waals surface area contributed by atoms with E-state index in [4.69, 9.17) is 17.3 Å². The maximum atomic E-state index is 13.1. The summed E-state index contributed by atoms with van der Waals surface area (Å²) in [4.78, 5) is 0. The molecular formula is C9H7ClF3N. The van der Waals surface area contributed by atoms with E-state index in [2.05, 4.69) is 0 Å². The van der Waals surface area contributed by atoms with Gasteiger partial charge < -0.3 is 5.73 Å². The van der Waals surface area contributed by atoms with Gasteiger partial charge in [0.05, 0.1) is 10.6 Å². The molecule has 0 aliphatic carbocycles. The Labute approximate surface area is 84.0 Å². The van der Waals surface area contributed by atoms with Gasteiger partial charge in [-0.25, -0.2) is 13.2 Å². The Morgan fingerprint density at radius 3 is 2.50 bits per heavy atom. The molecule has 0 unspecified atom stereocenters. The molecule has 2 N–H and O–H groups in total. The molecule has 0 amide bonds. The highest BCUT2D eigenvalue weighted by Gasteiger charge is 2.15. The highest BCUT2D eigenvalue weighted by molar-refractivity contribution is 6.30. The van der Waals surface area contributed by atoms with E-state index in [9.17, 15) is 13.2 Å². The van der Waals surface area contributed by atoms with E-state index in [1.165, 1.54) is 6.08 Å². The largest absolute Gasteiger partial charge is 0.327 e. The Morgan fingerprint density at radius 1 is 1.29 bits per heavy atom. The lowest BCUT2D eigenvalue weighted by molar-refractivity contribution is 0.492. The van der Waals surface area contributed by atoms with Crippen LogP contribution in [-0.2, 0) is 0 Å². The first-order valence-corrected chi connectivity index (χ1v) is 4.15. The van der Waals surface area contributed by atoms with Crippen molar-refractivity contribution in [2.75, 3.05) is 6.54 Å². The molecule has 0 bridgehead atoms. The van der Waals surface area contributed by atoms with E-state index < -0.39 is 28.0 Å². The zero-order chi connectivity index (χ0) is 10.7. The number of hydrogen-bond acceptors (Lipinski definition) is 1. The molecule has 0 aliphatic rings. The molecule has 0 radical (unpaired) electrons. The average Bonchev–Trinajstić information content (AvgIpc) is 2.15. The van der Waals surface area contributed by atoms with Crippen molar-refractivity contribution in [3.63, 3.8) is 0 Å². The van der Waals surface area contributed by atoms with Gasteiger partial charge in [-0.15, -0.1) is 0 Å². The zero-order valence-electron chi connectivity index (χ0n) is 7.03. The van der Waals surface area contributed by atoms with Crippen LogP contribution in [0.5, 0.6) is 0 Å². The molecule has 1 aromatic carbocycles. The summed E-state index contributed by atoms with van der Waals surface area (Å²) in [6.45, 7) is 0.104. The van der Waals surface area contributed by atoms with Crippen LogP contribution in [0, 0.1) is 17.5 Å². The molecule has 0 spiro atoms. The number of nitrogens with two attached hydrogens (primary N) is 1. The van der Waals surface area contributed by atoms with E-state index in [0.717, 1.165) is 6.08 Å². The summed E-state index contributed by atoms with van der Waals surface area (Å²) in [7, 11) is 0. The van der Waals surface area contributed by atoms with Crippen molar-refractivity contribution in [3.05, 3.63) is 40.2 Å². The van der Waals surface area contributed by atoms with Crippen LogP contribution in [-0.4, -0.2) is 6.54 Å². The van der Waals surface area contributed by atoms with E-state index in [0.29, 0.717) is 6.07 Å². The molecule has 1 aromatic rings. The Bertz CT molecular complexity index is 351. The van der Waals surface area contributed by atoms with Gasteiger partial charge >= 0.3 is 0 Å². The monoisotopic (exact) mass is 221 g/mol. The second kappa shape index (κ2) is 4.48. The van der Waals surface area contributed by atoms with Crippen molar-refractivity contribution in [1.82, 2.24) is 0 Å². The molecule has 76 valence electrons. The van der Waals surface area contributed by atoms with Gasteiger partial charge in [0.25, 0.3) is 0 Å². The number of rotatable bonds is 2. The molecule has 5 heteroatoms. The maximum Gasteiger partial charge on any atom is 0.169 e. The van der Waals surface area contributed by atoms with Crippen LogP contribution in [0.4, 0.5) is 13.2 Å². The molecule has 0 atom stereocenters. The minimum Gasteiger partial charge on any atom is -0.327 e. The first-order valence-electron chi connectivity index (χ1n) is 3.77. The van der Waals surface area contributed by atoms with Crippen molar-refractivity contribution in [2.24, 2.45) is 5.73 Å². The molecule has 0 saturated heterocycles. The van der Waals surface area contributed by atoms with Gasteiger partial charge in [-0.3, -0.25) is 0 Å². The number of benzene rings is 1. The topological polar surface area (TPSA) is 26.0 Å². The third kappa shape index (κ3) is 2.08. The fourth-order valence-corrected chi connectivity index (χ4v) is 1.12. The first kappa shape index (κ1) is 11.1. The van der Waals surface area contributed by atoms with Crippen molar-refractivity contribution in [3.8, 4) is 0 Å². The number of halogens is 4. The van der Waals surface area contributed by atoms with Crippen LogP contribution in [0.25, 0.3) is 6.08 Å². The summed E-state index contributed by atoms with van der Waals surface area (Å²) in [6, 6.07) is 0.589. The van der Waals surface area contributed by atoms with Crippen LogP contribution in [0.3, 0.4) is 0 Å². The van der Waals surface area contributed by atoms with Crippen molar-refractivity contribution >= 4 is 17.7 Å². The normalized spacial score (nSPS) is 11.2. The average molecular weight is 222 g/mol. The summed E-state index contributed by atoms with van der Waals surface area (Å²) >= 11 is 5.32. The fraction of sp³-hybridized carbons (Fsp3) is 0.111. The third-order valence-corrected chi connectivity index (χ3v) is 1.84. The summed E-state index contributed by atoms with van der Waals surface area (Å²) in [6.07, 6.45) is 2.36. The second-order valence-electron chi connectivity index (χ2n) is 2.52. The maximum absolute atomic E-state index is 13.1. The molecule has 0 aliphatic heterocycles. The Balaban J connectivity index is 3.32. The summed E-state index contributed by atoms with van der Waals surface area (Å²) in [5.74, 6) is -3.44. The van der Waals surface area contributed by atoms with Crippen molar-refractivity contribution in [2.45, 2.75) is 0 Å². The lowest BCUT2D eigenvalue weighted by Gasteiger charge is -2.02. The lowest BCUT2D eigenvalue weighted by atomic mass is 10.1. The van der Waals surface area contributed by atoms with Gasteiger partial charge in [0.1, 0.15) is 0 Å².